The standard InChI is InChI=1S/C21H24N4O4/c1-14-17(23-13-29-14)18(26)22-11-15-7-3-4-8-16(15)12-25-19(27)21(24-20(25)28)9-5-2-6-10-21/h3-4,7-8,13H,2,5-6,9-12H2,1H3,(H,22,26)(H,24,28). The highest BCUT2D eigenvalue weighted by atomic mass is 16.3. The van der Waals surface area contributed by atoms with Crippen LogP contribution < -0.4 is 10.6 Å². The summed E-state index contributed by atoms with van der Waals surface area (Å²) in [5.41, 5.74) is 1.17. The molecule has 1 aliphatic heterocycles. The lowest BCUT2D eigenvalue weighted by atomic mass is 9.81. The van der Waals surface area contributed by atoms with E-state index in [-0.39, 0.29) is 36.6 Å². The Labute approximate surface area is 168 Å². The van der Waals surface area contributed by atoms with Gasteiger partial charge in [-0.15, -0.1) is 0 Å². The van der Waals surface area contributed by atoms with Crippen LogP contribution in [0.1, 0.15) is 59.5 Å². The topological polar surface area (TPSA) is 105 Å². The zero-order valence-corrected chi connectivity index (χ0v) is 16.4. The Morgan fingerprint density at radius 2 is 1.93 bits per heavy atom. The molecule has 8 heteroatoms. The molecule has 2 aromatic rings. The first kappa shape index (κ1) is 19.2. The van der Waals surface area contributed by atoms with E-state index < -0.39 is 5.54 Å². The molecule has 1 aromatic carbocycles. The third kappa shape index (κ3) is 3.62. The summed E-state index contributed by atoms with van der Waals surface area (Å²) >= 11 is 0. The first-order valence-electron chi connectivity index (χ1n) is 9.89. The average Bonchev–Trinajstić information content (AvgIpc) is 3.25. The largest absolute Gasteiger partial charge is 0.448 e. The molecule has 152 valence electrons. The van der Waals surface area contributed by atoms with Crippen LogP contribution in [0.3, 0.4) is 0 Å². The van der Waals surface area contributed by atoms with Gasteiger partial charge in [0, 0.05) is 6.54 Å². The minimum atomic E-state index is -0.733. The fourth-order valence-corrected chi connectivity index (χ4v) is 4.15. The fraction of sp³-hybridized carbons (Fsp3) is 0.429. The van der Waals surface area contributed by atoms with Gasteiger partial charge in [0.2, 0.25) is 0 Å². The number of benzene rings is 1. The lowest BCUT2D eigenvalue weighted by Gasteiger charge is -2.30. The molecule has 8 nitrogen and oxygen atoms in total. The SMILES string of the molecule is Cc1ocnc1C(=O)NCc1ccccc1CN1C(=O)NC2(CCCCC2)C1=O. The summed E-state index contributed by atoms with van der Waals surface area (Å²) in [6, 6.07) is 7.13. The van der Waals surface area contributed by atoms with Crippen LogP contribution >= 0.6 is 0 Å². The quantitative estimate of drug-likeness (QED) is 0.756. The molecule has 2 fully saturated rings. The van der Waals surface area contributed by atoms with Crippen LogP contribution in [0, 0.1) is 6.92 Å². The van der Waals surface area contributed by atoms with Crippen molar-refractivity contribution in [2.24, 2.45) is 0 Å². The number of aryl methyl sites for hydroxylation is 1. The van der Waals surface area contributed by atoms with E-state index in [1.54, 1.807) is 6.92 Å². The molecule has 1 spiro atoms. The van der Waals surface area contributed by atoms with Gasteiger partial charge in [-0.1, -0.05) is 43.5 Å². The first-order valence-corrected chi connectivity index (χ1v) is 9.89. The number of urea groups is 1. The Bertz CT molecular complexity index is 946. The molecular weight excluding hydrogens is 372 g/mol. The van der Waals surface area contributed by atoms with Crippen LogP contribution in [-0.2, 0) is 17.9 Å². The smallest absolute Gasteiger partial charge is 0.325 e. The van der Waals surface area contributed by atoms with Gasteiger partial charge in [-0.05, 0) is 30.9 Å². The molecule has 2 heterocycles. The summed E-state index contributed by atoms with van der Waals surface area (Å²) in [4.78, 5) is 43.1. The van der Waals surface area contributed by atoms with Crippen LogP contribution in [0.2, 0.25) is 0 Å². The van der Waals surface area contributed by atoms with Crippen LogP contribution in [0.5, 0.6) is 0 Å². The van der Waals surface area contributed by atoms with Crippen molar-refractivity contribution < 1.29 is 18.8 Å². The molecule has 4 amide bonds. The van der Waals surface area contributed by atoms with Crippen molar-refractivity contribution in [3.05, 3.63) is 53.2 Å². The normalized spacial score (nSPS) is 18.2. The summed E-state index contributed by atoms with van der Waals surface area (Å²) in [6.07, 6.45) is 5.62. The van der Waals surface area contributed by atoms with Crippen LogP contribution in [-0.4, -0.2) is 33.3 Å². The number of amides is 4. The van der Waals surface area contributed by atoms with Gasteiger partial charge in [-0.25, -0.2) is 9.78 Å². The van der Waals surface area contributed by atoms with E-state index in [2.05, 4.69) is 15.6 Å². The summed E-state index contributed by atoms with van der Waals surface area (Å²) < 4.78 is 5.07. The molecule has 1 saturated carbocycles. The Balaban J connectivity index is 1.47. The van der Waals surface area contributed by atoms with Crippen molar-refractivity contribution in [1.82, 2.24) is 20.5 Å². The lowest BCUT2D eigenvalue weighted by molar-refractivity contribution is -0.132. The lowest BCUT2D eigenvalue weighted by Crippen LogP contribution is -2.48. The van der Waals surface area contributed by atoms with Gasteiger partial charge in [0.15, 0.2) is 12.1 Å². The number of nitrogens with zero attached hydrogens (tertiary/aromatic N) is 2. The number of hydrogen-bond donors (Lipinski definition) is 2. The molecule has 4 rings (SSSR count). The molecular formula is C21H24N4O4. The van der Waals surface area contributed by atoms with E-state index in [4.69, 9.17) is 4.42 Å². The van der Waals surface area contributed by atoms with E-state index in [0.717, 1.165) is 30.4 Å². The first-order chi connectivity index (χ1) is 14.0. The molecule has 1 aromatic heterocycles. The van der Waals surface area contributed by atoms with Gasteiger partial charge < -0.3 is 15.1 Å². The zero-order chi connectivity index (χ0) is 20.4. The molecule has 1 saturated heterocycles. The van der Waals surface area contributed by atoms with E-state index in [1.165, 1.54) is 11.3 Å². The maximum atomic E-state index is 13.0. The summed E-state index contributed by atoms with van der Waals surface area (Å²) in [5, 5.41) is 5.75. The van der Waals surface area contributed by atoms with Gasteiger partial charge in [0.25, 0.3) is 11.8 Å². The highest BCUT2D eigenvalue weighted by Gasteiger charge is 2.51. The van der Waals surface area contributed by atoms with Crippen molar-refractivity contribution in [3.63, 3.8) is 0 Å². The predicted molar refractivity (Wildman–Crippen MR) is 104 cm³/mol. The molecule has 2 aliphatic rings. The Hall–Kier alpha value is -3.16. The number of oxazole rings is 1. The Kier molecular flexibility index (Phi) is 5.08. The molecule has 0 radical (unpaired) electrons. The van der Waals surface area contributed by atoms with Crippen molar-refractivity contribution in [1.29, 1.82) is 0 Å². The third-order valence-electron chi connectivity index (χ3n) is 5.80. The molecule has 1 aliphatic carbocycles. The van der Waals surface area contributed by atoms with Gasteiger partial charge in [-0.3, -0.25) is 14.5 Å². The maximum absolute atomic E-state index is 13.0. The maximum Gasteiger partial charge on any atom is 0.325 e. The minimum absolute atomic E-state index is 0.140. The van der Waals surface area contributed by atoms with E-state index in [9.17, 15) is 14.4 Å². The average molecular weight is 396 g/mol. The highest BCUT2D eigenvalue weighted by molar-refractivity contribution is 6.07. The number of imide groups is 1. The van der Waals surface area contributed by atoms with Gasteiger partial charge >= 0.3 is 6.03 Å². The van der Waals surface area contributed by atoms with E-state index >= 15 is 0 Å². The van der Waals surface area contributed by atoms with Crippen molar-refractivity contribution in [2.75, 3.05) is 0 Å². The van der Waals surface area contributed by atoms with E-state index in [1.807, 2.05) is 24.3 Å². The summed E-state index contributed by atoms with van der Waals surface area (Å²) in [7, 11) is 0. The Morgan fingerprint density at radius 1 is 1.21 bits per heavy atom. The summed E-state index contributed by atoms with van der Waals surface area (Å²) in [5.74, 6) is -0.0191. The molecule has 0 atom stereocenters. The zero-order valence-electron chi connectivity index (χ0n) is 16.4. The van der Waals surface area contributed by atoms with Gasteiger partial charge in [-0.2, -0.15) is 0 Å². The number of carbonyl (C=O) groups excluding carboxylic acids is 3. The Morgan fingerprint density at radius 3 is 2.62 bits per heavy atom. The van der Waals surface area contributed by atoms with Crippen molar-refractivity contribution in [3.8, 4) is 0 Å². The number of aromatic nitrogens is 1. The molecule has 0 unspecified atom stereocenters. The molecule has 2 N–H and O–H groups in total. The van der Waals surface area contributed by atoms with Crippen LogP contribution in [0.4, 0.5) is 4.79 Å². The number of hydrogen-bond acceptors (Lipinski definition) is 5. The second kappa shape index (κ2) is 7.69. The van der Waals surface area contributed by atoms with Gasteiger partial charge in [0.05, 0.1) is 6.54 Å². The number of nitrogens with one attached hydrogen (secondary N) is 2. The summed E-state index contributed by atoms with van der Waals surface area (Å²) in [6.45, 7) is 2.12. The van der Waals surface area contributed by atoms with Crippen LogP contribution in [0.25, 0.3) is 0 Å². The number of rotatable bonds is 5. The second-order valence-corrected chi connectivity index (χ2v) is 7.67. The third-order valence-corrected chi connectivity index (χ3v) is 5.80. The second-order valence-electron chi connectivity index (χ2n) is 7.67. The number of carbonyl (C=O) groups is 3. The fourth-order valence-electron chi connectivity index (χ4n) is 4.15. The van der Waals surface area contributed by atoms with E-state index in [0.29, 0.717) is 18.6 Å². The molecule has 0 bridgehead atoms. The van der Waals surface area contributed by atoms with Crippen LogP contribution in [0.15, 0.2) is 35.1 Å². The highest BCUT2D eigenvalue weighted by Crippen LogP contribution is 2.34. The van der Waals surface area contributed by atoms with Crippen molar-refractivity contribution >= 4 is 17.8 Å². The minimum Gasteiger partial charge on any atom is -0.448 e. The van der Waals surface area contributed by atoms with Gasteiger partial charge in [0.1, 0.15) is 11.3 Å². The monoisotopic (exact) mass is 396 g/mol. The predicted octanol–water partition coefficient (Wildman–Crippen LogP) is 2.67. The molecule has 29 heavy (non-hydrogen) atoms. The van der Waals surface area contributed by atoms with Crippen molar-refractivity contribution in [2.45, 2.75) is 57.7 Å².